The molecule has 0 aliphatic heterocycles. The van der Waals surface area contributed by atoms with Crippen LogP contribution in [0.3, 0.4) is 0 Å². The molecule has 0 bridgehead atoms. The van der Waals surface area contributed by atoms with Gasteiger partial charge >= 0.3 is 13.6 Å². The minimum absolute atomic E-state index is 0.0987. The second-order valence-corrected chi connectivity index (χ2v) is 12.7. The number of carbonyl (C=O) groups is 1. The van der Waals surface area contributed by atoms with Crippen molar-refractivity contribution in [3.8, 4) is 40.3 Å². The fraction of sp³-hybridized carbons (Fsp3) is 0.270. The largest absolute Gasteiger partial charge is 0.496 e. The second kappa shape index (κ2) is 17.0. The summed E-state index contributed by atoms with van der Waals surface area (Å²) in [4.78, 5) is 16.9. The number of para-hydroxylation sites is 1. The van der Waals surface area contributed by atoms with Gasteiger partial charge in [0.05, 0.1) is 45.8 Å². The van der Waals surface area contributed by atoms with Crippen LogP contribution in [0, 0.1) is 6.92 Å². The number of ether oxygens (including phenoxy) is 5. The van der Waals surface area contributed by atoms with Gasteiger partial charge in [-0.2, -0.15) is 0 Å². The van der Waals surface area contributed by atoms with E-state index < -0.39 is 13.6 Å². The summed E-state index contributed by atoms with van der Waals surface area (Å²) in [6, 6.07) is 20.0. The quantitative estimate of drug-likeness (QED) is 0.0679. The molecular weight excluding hydrogens is 677 g/mol. The zero-order valence-electron chi connectivity index (χ0n) is 29.3. The van der Waals surface area contributed by atoms with Gasteiger partial charge in [0.1, 0.15) is 36.0 Å². The molecule has 2 heterocycles. The van der Waals surface area contributed by atoms with Gasteiger partial charge in [0.2, 0.25) is 11.8 Å². The molecule has 0 atom stereocenters. The first-order chi connectivity index (χ1) is 24.7. The molecule has 3 aromatic carbocycles. The van der Waals surface area contributed by atoms with Crippen LogP contribution in [0.2, 0.25) is 0 Å². The SMILES string of the molecule is CCOP(=O)(/C=C/c1cn(-c2ccccc2)nc1OCc1ccc(OCc2nc(-c3ccc(OC)c(C(=O)OC)c3)oc2C)c(OC)c1)OCC. The van der Waals surface area contributed by atoms with E-state index in [-0.39, 0.29) is 32.0 Å². The number of hydrogen-bond acceptors (Lipinski definition) is 12. The van der Waals surface area contributed by atoms with Crippen molar-refractivity contribution in [2.45, 2.75) is 34.0 Å². The van der Waals surface area contributed by atoms with Crippen molar-refractivity contribution >= 4 is 19.6 Å². The van der Waals surface area contributed by atoms with Crippen LogP contribution in [0.1, 0.15) is 46.8 Å². The summed E-state index contributed by atoms with van der Waals surface area (Å²) in [6.45, 7) is 6.01. The summed E-state index contributed by atoms with van der Waals surface area (Å²) in [5.41, 5.74) is 3.61. The summed E-state index contributed by atoms with van der Waals surface area (Å²) in [7, 11) is 0.878. The third-order valence-corrected chi connectivity index (χ3v) is 9.25. The van der Waals surface area contributed by atoms with Gasteiger partial charge in [0, 0.05) is 17.6 Å². The summed E-state index contributed by atoms with van der Waals surface area (Å²) in [5, 5.41) is 4.64. The molecule has 13 nitrogen and oxygen atoms in total. The molecule has 0 amide bonds. The van der Waals surface area contributed by atoms with E-state index in [9.17, 15) is 9.36 Å². The molecule has 0 radical (unpaired) electrons. The third-order valence-electron chi connectivity index (χ3n) is 7.49. The number of esters is 1. The summed E-state index contributed by atoms with van der Waals surface area (Å²) in [6.07, 6.45) is 3.42. The number of aryl methyl sites for hydroxylation is 1. The Morgan fingerprint density at radius 2 is 1.61 bits per heavy atom. The van der Waals surface area contributed by atoms with Crippen molar-refractivity contribution in [3.05, 3.63) is 107 Å². The summed E-state index contributed by atoms with van der Waals surface area (Å²) in [5.74, 6) is 3.44. The minimum Gasteiger partial charge on any atom is -0.496 e. The normalized spacial score (nSPS) is 11.5. The van der Waals surface area contributed by atoms with Gasteiger partial charge in [0.25, 0.3) is 0 Å². The molecule has 5 aromatic rings. The number of hydrogen-bond donors (Lipinski definition) is 0. The number of carbonyl (C=O) groups excluding carboxylic acids is 1. The topological polar surface area (TPSA) is 143 Å². The van der Waals surface area contributed by atoms with Gasteiger partial charge < -0.3 is 37.1 Å². The van der Waals surface area contributed by atoms with Gasteiger partial charge in [-0.05, 0) is 74.9 Å². The number of nitrogens with zero attached hydrogens (tertiary/aromatic N) is 3. The predicted molar refractivity (Wildman–Crippen MR) is 190 cm³/mol. The van der Waals surface area contributed by atoms with Crippen molar-refractivity contribution < 1.29 is 46.5 Å². The zero-order chi connectivity index (χ0) is 36.4. The maximum Gasteiger partial charge on any atom is 0.354 e. The van der Waals surface area contributed by atoms with Gasteiger partial charge in [-0.25, -0.2) is 14.5 Å². The van der Waals surface area contributed by atoms with E-state index in [1.165, 1.54) is 20.0 Å². The van der Waals surface area contributed by atoms with E-state index in [2.05, 4.69) is 10.1 Å². The number of methoxy groups -OCH3 is 3. The Kier molecular flexibility index (Phi) is 12.3. The number of benzene rings is 3. The maximum absolute atomic E-state index is 13.1. The first-order valence-corrected chi connectivity index (χ1v) is 17.7. The van der Waals surface area contributed by atoms with Crippen molar-refractivity contribution in [1.29, 1.82) is 0 Å². The lowest BCUT2D eigenvalue weighted by atomic mass is 10.1. The lowest BCUT2D eigenvalue weighted by molar-refractivity contribution is 0.0597. The number of oxazole rings is 1. The van der Waals surface area contributed by atoms with Crippen molar-refractivity contribution in [2.75, 3.05) is 34.5 Å². The fourth-order valence-electron chi connectivity index (χ4n) is 4.98. The zero-order valence-corrected chi connectivity index (χ0v) is 30.2. The Hall–Kier alpha value is -5.36. The predicted octanol–water partition coefficient (Wildman–Crippen LogP) is 8.03. The molecule has 5 rings (SSSR count). The Labute approximate surface area is 296 Å². The maximum atomic E-state index is 13.1. The minimum atomic E-state index is -3.45. The van der Waals surface area contributed by atoms with Crippen LogP contribution >= 0.6 is 7.60 Å². The number of rotatable bonds is 17. The summed E-state index contributed by atoms with van der Waals surface area (Å²) >= 11 is 0. The Bertz CT molecular complexity index is 2010. The van der Waals surface area contributed by atoms with E-state index in [1.54, 1.807) is 69.1 Å². The van der Waals surface area contributed by atoms with E-state index in [0.717, 1.165) is 11.3 Å². The van der Waals surface area contributed by atoms with E-state index >= 15 is 0 Å². The van der Waals surface area contributed by atoms with E-state index in [1.807, 2.05) is 42.5 Å². The van der Waals surface area contributed by atoms with Crippen LogP contribution in [0.15, 0.2) is 83.2 Å². The van der Waals surface area contributed by atoms with E-state index in [0.29, 0.717) is 51.6 Å². The van der Waals surface area contributed by atoms with Crippen molar-refractivity contribution in [1.82, 2.24) is 14.8 Å². The Balaban J connectivity index is 1.31. The highest BCUT2D eigenvalue weighted by atomic mass is 31.2. The van der Waals surface area contributed by atoms with Gasteiger partial charge in [-0.1, -0.05) is 24.3 Å². The average Bonchev–Trinajstić information content (AvgIpc) is 3.75. The molecule has 14 heteroatoms. The first kappa shape index (κ1) is 36.9. The monoisotopic (exact) mass is 717 g/mol. The van der Waals surface area contributed by atoms with Gasteiger partial charge in [0.15, 0.2) is 11.5 Å². The molecule has 0 saturated carbocycles. The highest BCUT2D eigenvalue weighted by Crippen LogP contribution is 2.50. The molecule has 0 N–H and O–H groups in total. The third kappa shape index (κ3) is 9.06. The van der Waals surface area contributed by atoms with Gasteiger partial charge in [-0.3, -0.25) is 4.57 Å². The van der Waals surface area contributed by atoms with Crippen LogP contribution in [0.4, 0.5) is 0 Å². The molecule has 2 aromatic heterocycles. The van der Waals surface area contributed by atoms with Crippen molar-refractivity contribution in [2.24, 2.45) is 0 Å². The van der Waals surface area contributed by atoms with Gasteiger partial charge in [-0.15, -0.1) is 5.10 Å². The lowest BCUT2D eigenvalue weighted by Gasteiger charge is -2.13. The van der Waals surface area contributed by atoms with Crippen LogP contribution in [0.25, 0.3) is 23.2 Å². The smallest absolute Gasteiger partial charge is 0.354 e. The molecule has 0 aliphatic carbocycles. The van der Waals surface area contributed by atoms with Crippen LogP contribution < -0.4 is 18.9 Å². The highest BCUT2D eigenvalue weighted by Gasteiger charge is 2.21. The summed E-state index contributed by atoms with van der Waals surface area (Å²) < 4.78 is 59.6. The van der Waals surface area contributed by atoms with Crippen LogP contribution in [-0.4, -0.2) is 55.3 Å². The Morgan fingerprint density at radius 1 is 0.882 bits per heavy atom. The highest BCUT2D eigenvalue weighted by molar-refractivity contribution is 7.57. The molecular formula is C37H40N3O10P. The standard InChI is InChI=1S/C37H40N3O10P/c1-7-48-51(42,49-8-2)19-18-28-22-40(29-12-10-9-11-13-29)39-36(28)47-23-26-14-16-33(34(20-26)44-5)46-24-31-25(3)50-35(38-31)27-15-17-32(43-4)30(21-27)37(41)45-6/h9-22H,7-8,23-24H2,1-6H3/b19-18+. The molecule has 0 spiro atoms. The van der Waals surface area contributed by atoms with Crippen LogP contribution in [-0.2, 0) is 31.6 Å². The molecule has 268 valence electrons. The molecule has 0 aliphatic rings. The molecule has 0 unspecified atom stereocenters. The Morgan fingerprint density at radius 3 is 2.29 bits per heavy atom. The van der Waals surface area contributed by atoms with Crippen LogP contribution in [0.5, 0.6) is 23.1 Å². The molecule has 51 heavy (non-hydrogen) atoms. The molecule has 0 fully saturated rings. The number of aromatic nitrogens is 3. The first-order valence-electron chi connectivity index (χ1n) is 16.1. The second-order valence-electron chi connectivity index (χ2n) is 10.9. The lowest BCUT2D eigenvalue weighted by Crippen LogP contribution is -2.04. The fourth-order valence-corrected chi connectivity index (χ4v) is 6.29. The molecule has 0 saturated heterocycles. The van der Waals surface area contributed by atoms with E-state index in [4.69, 9.17) is 37.1 Å². The average molecular weight is 718 g/mol. The van der Waals surface area contributed by atoms with Crippen molar-refractivity contribution in [3.63, 3.8) is 0 Å².